The summed E-state index contributed by atoms with van der Waals surface area (Å²) in [5, 5.41) is 17.4. The van der Waals surface area contributed by atoms with Crippen molar-refractivity contribution in [1.29, 1.82) is 0 Å². The fraction of sp³-hybridized carbons (Fsp3) is 0. The van der Waals surface area contributed by atoms with Crippen LogP contribution in [0.15, 0.2) is 22.9 Å². The highest BCUT2D eigenvalue weighted by molar-refractivity contribution is 9.10. The van der Waals surface area contributed by atoms with Gasteiger partial charge in [0, 0.05) is 22.3 Å². The largest absolute Gasteiger partial charge is 0.491 e. The molecule has 1 rings (SSSR count). The molecule has 0 aromatic carbocycles. The van der Waals surface area contributed by atoms with Crippen LogP contribution in [0, 0.1) is 0 Å². The van der Waals surface area contributed by atoms with E-state index in [0.29, 0.717) is 9.94 Å². The van der Waals surface area contributed by atoms with Gasteiger partial charge in [-0.25, -0.2) is 0 Å². The Balaban J connectivity index is 0.000001000. The van der Waals surface area contributed by atoms with Crippen molar-refractivity contribution in [3.8, 4) is 0 Å². The molecular weight excluding hydrogens is 277 g/mol. The van der Waals surface area contributed by atoms with Gasteiger partial charge in [-0.05, 0) is 6.07 Å². The summed E-state index contributed by atoms with van der Waals surface area (Å²) in [6, 6.07) is 1.65. The van der Waals surface area contributed by atoms with E-state index in [0.717, 1.165) is 0 Å². The molecular formula is C5H6BBr2NO2. The average Bonchev–Trinajstić information content (AvgIpc) is 1.88. The van der Waals surface area contributed by atoms with Gasteiger partial charge in [0.1, 0.15) is 0 Å². The normalized spacial score (nSPS) is 8.64. The zero-order chi connectivity index (χ0) is 7.56. The molecule has 6 heteroatoms. The van der Waals surface area contributed by atoms with Gasteiger partial charge in [0.2, 0.25) is 0 Å². The highest BCUT2D eigenvalue weighted by Crippen LogP contribution is 2.03. The summed E-state index contributed by atoms with van der Waals surface area (Å²) in [5.74, 6) is 0. The van der Waals surface area contributed by atoms with Gasteiger partial charge in [0.25, 0.3) is 0 Å². The van der Waals surface area contributed by atoms with Crippen molar-refractivity contribution in [3.63, 3.8) is 0 Å². The second kappa shape index (κ2) is 4.87. The Kier molecular flexibility index (Phi) is 4.91. The molecule has 60 valence electrons. The van der Waals surface area contributed by atoms with Crippen LogP contribution in [0.3, 0.4) is 0 Å². The molecule has 2 N–H and O–H groups in total. The SMILES string of the molecule is Br.OB(O)c1cnccc1Br. The number of nitrogens with zero attached hydrogens (tertiary/aromatic N) is 1. The van der Waals surface area contributed by atoms with Crippen LogP contribution >= 0.6 is 32.9 Å². The lowest BCUT2D eigenvalue weighted by Crippen LogP contribution is -2.31. The average molecular weight is 283 g/mol. The van der Waals surface area contributed by atoms with E-state index in [-0.39, 0.29) is 17.0 Å². The van der Waals surface area contributed by atoms with Crippen molar-refractivity contribution in [2.24, 2.45) is 0 Å². The Bertz CT molecular complexity index is 233. The first-order valence-corrected chi connectivity index (χ1v) is 3.46. The quantitative estimate of drug-likeness (QED) is 0.719. The molecule has 0 atom stereocenters. The van der Waals surface area contributed by atoms with E-state index in [2.05, 4.69) is 20.9 Å². The minimum absolute atomic E-state index is 0. The van der Waals surface area contributed by atoms with E-state index in [1.54, 1.807) is 12.3 Å². The van der Waals surface area contributed by atoms with Crippen molar-refractivity contribution in [3.05, 3.63) is 22.9 Å². The molecule has 0 aliphatic heterocycles. The second-order valence-electron chi connectivity index (χ2n) is 1.77. The topological polar surface area (TPSA) is 53.4 Å². The van der Waals surface area contributed by atoms with Gasteiger partial charge < -0.3 is 10.0 Å². The van der Waals surface area contributed by atoms with Gasteiger partial charge in [-0.3, -0.25) is 4.98 Å². The van der Waals surface area contributed by atoms with Crippen molar-refractivity contribution >= 4 is 45.5 Å². The standard InChI is InChI=1S/C5H5BBrNO2.BrH/c7-5-1-2-8-3-4(5)6(9)10;/h1-3,9-10H;1H. The molecule has 3 nitrogen and oxygen atoms in total. The molecule has 11 heavy (non-hydrogen) atoms. The predicted molar refractivity (Wildman–Crippen MR) is 52.1 cm³/mol. The Morgan fingerprint density at radius 2 is 2.09 bits per heavy atom. The molecule has 0 radical (unpaired) electrons. The van der Waals surface area contributed by atoms with E-state index in [1.807, 2.05) is 0 Å². The molecule has 1 aromatic rings. The highest BCUT2D eigenvalue weighted by atomic mass is 79.9. The van der Waals surface area contributed by atoms with Crippen molar-refractivity contribution in [2.45, 2.75) is 0 Å². The van der Waals surface area contributed by atoms with Gasteiger partial charge in [0.15, 0.2) is 0 Å². The van der Waals surface area contributed by atoms with Gasteiger partial charge in [-0.1, -0.05) is 15.9 Å². The monoisotopic (exact) mass is 281 g/mol. The molecule has 1 heterocycles. The third-order valence-corrected chi connectivity index (χ3v) is 1.80. The second-order valence-corrected chi connectivity index (χ2v) is 2.63. The molecule has 0 aliphatic carbocycles. The van der Waals surface area contributed by atoms with Crippen LogP contribution in [0.1, 0.15) is 0 Å². The third kappa shape index (κ3) is 2.90. The molecule has 0 aliphatic rings. The molecule has 1 aromatic heterocycles. The van der Waals surface area contributed by atoms with Crippen molar-refractivity contribution in [2.75, 3.05) is 0 Å². The van der Waals surface area contributed by atoms with Crippen LogP contribution in [0.4, 0.5) is 0 Å². The van der Waals surface area contributed by atoms with Gasteiger partial charge in [-0.15, -0.1) is 17.0 Å². The van der Waals surface area contributed by atoms with E-state index in [4.69, 9.17) is 10.0 Å². The van der Waals surface area contributed by atoms with Crippen molar-refractivity contribution in [1.82, 2.24) is 4.98 Å². The number of hydrogen-bond donors (Lipinski definition) is 2. The number of rotatable bonds is 1. The van der Waals surface area contributed by atoms with E-state index in [1.165, 1.54) is 6.20 Å². The Labute approximate surface area is 83.5 Å². The summed E-state index contributed by atoms with van der Waals surface area (Å²) >= 11 is 3.14. The maximum atomic E-state index is 8.69. The first-order chi connectivity index (χ1) is 4.72. The van der Waals surface area contributed by atoms with Crippen LogP contribution < -0.4 is 5.46 Å². The van der Waals surface area contributed by atoms with Crippen LogP contribution in [0.5, 0.6) is 0 Å². The summed E-state index contributed by atoms with van der Waals surface area (Å²) in [5.41, 5.74) is 0.377. The molecule has 0 saturated heterocycles. The molecule has 0 saturated carbocycles. The fourth-order valence-electron chi connectivity index (χ4n) is 0.580. The van der Waals surface area contributed by atoms with E-state index in [9.17, 15) is 0 Å². The summed E-state index contributed by atoms with van der Waals surface area (Å²) in [4.78, 5) is 3.72. The summed E-state index contributed by atoms with van der Waals surface area (Å²) in [7, 11) is -1.46. The Morgan fingerprint density at radius 1 is 1.45 bits per heavy atom. The summed E-state index contributed by atoms with van der Waals surface area (Å²) < 4.78 is 0.650. The summed E-state index contributed by atoms with van der Waals surface area (Å²) in [6.45, 7) is 0. The van der Waals surface area contributed by atoms with E-state index < -0.39 is 7.12 Å². The van der Waals surface area contributed by atoms with Gasteiger partial charge >= 0.3 is 7.12 Å². The fourth-order valence-corrected chi connectivity index (χ4v) is 1.01. The lowest BCUT2D eigenvalue weighted by atomic mass is 9.82. The summed E-state index contributed by atoms with van der Waals surface area (Å²) in [6.07, 6.45) is 2.96. The lowest BCUT2D eigenvalue weighted by molar-refractivity contribution is 0.425. The minimum Gasteiger partial charge on any atom is -0.423 e. The molecule has 0 spiro atoms. The number of halogens is 2. The zero-order valence-corrected chi connectivity index (χ0v) is 8.74. The first kappa shape index (κ1) is 11.1. The number of pyridine rings is 1. The predicted octanol–water partition coefficient (Wildman–Crippen LogP) is 0.102. The molecule has 0 unspecified atom stereocenters. The Hall–Kier alpha value is 0.0949. The van der Waals surface area contributed by atoms with Crippen LogP contribution in [-0.4, -0.2) is 22.2 Å². The zero-order valence-electron chi connectivity index (χ0n) is 5.44. The number of hydrogen-bond acceptors (Lipinski definition) is 3. The molecule has 0 amide bonds. The Morgan fingerprint density at radius 3 is 2.45 bits per heavy atom. The highest BCUT2D eigenvalue weighted by Gasteiger charge is 2.13. The molecule has 0 bridgehead atoms. The minimum atomic E-state index is -1.46. The van der Waals surface area contributed by atoms with Gasteiger partial charge in [-0.2, -0.15) is 0 Å². The van der Waals surface area contributed by atoms with Crippen LogP contribution in [-0.2, 0) is 0 Å². The van der Waals surface area contributed by atoms with Gasteiger partial charge in [0.05, 0.1) is 0 Å². The smallest absolute Gasteiger partial charge is 0.423 e. The number of aromatic nitrogens is 1. The maximum Gasteiger partial charge on any atom is 0.491 e. The lowest BCUT2D eigenvalue weighted by Gasteiger charge is -1.98. The third-order valence-electron chi connectivity index (χ3n) is 1.07. The molecule has 0 fully saturated rings. The van der Waals surface area contributed by atoms with Crippen LogP contribution in [0.25, 0.3) is 0 Å². The first-order valence-electron chi connectivity index (χ1n) is 2.67. The van der Waals surface area contributed by atoms with Crippen LogP contribution in [0.2, 0.25) is 0 Å². The van der Waals surface area contributed by atoms with Crippen molar-refractivity contribution < 1.29 is 10.0 Å². The maximum absolute atomic E-state index is 8.69. The van der Waals surface area contributed by atoms with E-state index >= 15 is 0 Å².